The first-order valence-corrected chi connectivity index (χ1v) is 12.6. The SMILES string of the molecule is C[Si](C)(C)/C=C/[Si](C)(C)c1cccs1. The van der Waals surface area contributed by atoms with Gasteiger partial charge in [-0.05, 0) is 9.88 Å². The van der Waals surface area contributed by atoms with E-state index in [1.807, 2.05) is 11.3 Å². The Bertz CT molecular complexity index is 305. The summed E-state index contributed by atoms with van der Waals surface area (Å²) in [7, 11) is -2.29. The van der Waals surface area contributed by atoms with Crippen LogP contribution in [-0.4, -0.2) is 16.1 Å². The Morgan fingerprint density at radius 1 is 1.07 bits per heavy atom. The molecule has 0 N–H and O–H groups in total. The van der Waals surface area contributed by atoms with Gasteiger partial charge in [-0.1, -0.05) is 50.6 Å². The van der Waals surface area contributed by atoms with Gasteiger partial charge in [-0.15, -0.1) is 5.70 Å². The number of thiophene rings is 1. The second kappa shape index (κ2) is 4.17. The van der Waals surface area contributed by atoms with Gasteiger partial charge in [0.05, 0.1) is 8.07 Å². The van der Waals surface area contributed by atoms with Gasteiger partial charge in [0.2, 0.25) is 0 Å². The lowest BCUT2D eigenvalue weighted by Crippen LogP contribution is -2.38. The van der Waals surface area contributed by atoms with Gasteiger partial charge in [-0.25, -0.2) is 0 Å². The summed E-state index contributed by atoms with van der Waals surface area (Å²) in [6.45, 7) is 12.0. The molecule has 0 amide bonds. The highest BCUT2D eigenvalue weighted by Crippen LogP contribution is 2.12. The zero-order valence-electron chi connectivity index (χ0n) is 9.79. The van der Waals surface area contributed by atoms with Gasteiger partial charge in [0.1, 0.15) is 8.07 Å². The molecule has 0 atom stereocenters. The van der Waals surface area contributed by atoms with Gasteiger partial charge in [0.25, 0.3) is 0 Å². The number of hydrogen-bond donors (Lipinski definition) is 0. The molecule has 0 saturated heterocycles. The van der Waals surface area contributed by atoms with Crippen LogP contribution in [0.1, 0.15) is 0 Å². The van der Waals surface area contributed by atoms with E-state index in [-0.39, 0.29) is 0 Å². The van der Waals surface area contributed by atoms with Crippen LogP contribution in [0, 0.1) is 0 Å². The van der Waals surface area contributed by atoms with E-state index in [0.717, 1.165) is 0 Å². The molecule has 0 bridgehead atoms. The predicted molar refractivity (Wildman–Crippen MR) is 73.9 cm³/mol. The van der Waals surface area contributed by atoms with Crippen molar-refractivity contribution in [2.75, 3.05) is 0 Å². The quantitative estimate of drug-likeness (QED) is 0.708. The molecule has 1 aromatic rings. The summed E-state index contributed by atoms with van der Waals surface area (Å²) in [5.74, 6) is 0. The first-order valence-electron chi connectivity index (χ1n) is 5.06. The first kappa shape index (κ1) is 11.9. The molecule has 0 aliphatic carbocycles. The number of rotatable bonds is 3. The van der Waals surface area contributed by atoms with E-state index in [1.165, 1.54) is 0 Å². The van der Waals surface area contributed by atoms with Gasteiger partial charge in [-0.3, -0.25) is 0 Å². The highest BCUT2D eigenvalue weighted by atomic mass is 32.1. The van der Waals surface area contributed by atoms with E-state index in [2.05, 4.69) is 61.6 Å². The van der Waals surface area contributed by atoms with Crippen LogP contribution in [0.3, 0.4) is 0 Å². The van der Waals surface area contributed by atoms with Gasteiger partial charge in [0.15, 0.2) is 0 Å². The summed E-state index contributed by atoms with van der Waals surface area (Å²) in [4.78, 5) is 0. The predicted octanol–water partition coefficient (Wildman–Crippen LogP) is 3.64. The Morgan fingerprint density at radius 2 is 1.71 bits per heavy atom. The molecule has 14 heavy (non-hydrogen) atoms. The highest BCUT2D eigenvalue weighted by molar-refractivity contribution is 7.26. The van der Waals surface area contributed by atoms with Crippen molar-refractivity contribution >= 4 is 32.0 Å². The average Bonchev–Trinajstić information content (AvgIpc) is 2.52. The van der Waals surface area contributed by atoms with Crippen LogP contribution in [0.5, 0.6) is 0 Å². The van der Waals surface area contributed by atoms with E-state index < -0.39 is 16.1 Å². The molecule has 0 nitrogen and oxygen atoms in total. The smallest absolute Gasteiger partial charge is 0.116 e. The third-order valence-electron chi connectivity index (χ3n) is 2.16. The minimum absolute atomic E-state index is 1.02. The van der Waals surface area contributed by atoms with Crippen molar-refractivity contribution in [2.45, 2.75) is 32.7 Å². The van der Waals surface area contributed by atoms with Gasteiger partial charge >= 0.3 is 0 Å². The van der Waals surface area contributed by atoms with E-state index in [1.54, 1.807) is 4.50 Å². The molecular weight excluding hydrogens is 220 g/mol. The van der Waals surface area contributed by atoms with Gasteiger partial charge < -0.3 is 0 Å². The molecule has 78 valence electrons. The van der Waals surface area contributed by atoms with Gasteiger partial charge in [0, 0.05) is 0 Å². The minimum Gasteiger partial charge on any atom is -0.153 e. The fraction of sp³-hybridized carbons (Fsp3) is 0.455. The van der Waals surface area contributed by atoms with Crippen LogP contribution in [0.4, 0.5) is 0 Å². The second-order valence-electron chi connectivity index (χ2n) is 5.40. The van der Waals surface area contributed by atoms with E-state index in [4.69, 9.17) is 0 Å². The van der Waals surface area contributed by atoms with Crippen LogP contribution in [0.2, 0.25) is 32.7 Å². The lowest BCUT2D eigenvalue weighted by molar-refractivity contribution is 1.75. The summed E-state index contributed by atoms with van der Waals surface area (Å²) < 4.78 is 1.59. The van der Waals surface area contributed by atoms with Crippen molar-refractivity contribution in [3.05, 3.63) is 28.9 Å². The molecule has 0 spiro atoms. The molecule has 0 aromatic carbocycles. The molecular formula is C11H20SSi2. The Kier molecular flexibility index (Phi) is 3.55. The Balaban J connectivity index is 2.83. The van der Waals surface area contributed by atoms with Crippen molar-refractivity contribution in [1.82, 2.24) is 0 Å². The molecule has 0 radical (unpaired) electrons. The minimum atomic E-state index is -1.26. The summed E-state index contributed by atoms with van der Waals surface area (Å²) in [6.07, 6.45) is 0. The molecule has 0 fully saturated rings. The summed E-state index contributed by atoms with van der Waals surface area (Å²) in [5, 5.41) is 2.19. The standard InChI is InChI=1S/C11H20SSi2/c1-13(2,3)9-10-14(4,5)11-7-6-8-12-11/h6-10H,1-5H3/b10-9+. The third kappa shape index (κ3) is 3.55. The summed E-state index contributed by atoms with van der Waals surface area (Å²) >= 11 is 1.91. The van der Waals surface area contributed by atoms with Crippen LogP contribution in [0.15, 0.2) is 28.9 Å². The molecule has 3 heteroatoms. The summed E-state index contributed by atoms with van der Waals surface area (Å²) in [5.41, 5.74) is 5.02. The van der Waals surface area contributed by atoms with Crippen LogP contribution in [-0.2, 0) is 0 Å². The molecule has 0 aliphatic rings. The Morgan fingerprint density at radius 3 is 2.14 bits per heavy atom. The lowest BCUT2D eigenvalue weighted by atomic mass is 10.7. The third-order valence-corrected chi connectivity index (χ3v) is 8.71. The topological polar surface area (TPSA) is 0 Å². The van der Waals surface area contributed by atoms with E-state index in [9.17, 15) is 0 Å². The molecule has 1 rings (SSSR count). The van der Waals surface area contributed by atoms with Crippen molar-refractivity contribution < 1.29 is 0 Å². The molecule has 1 heterocycles. The fourth-order valence-electron chi connectivity index (χ4n) is 1.19. The van der Waals surface area contributed by atoms with Crippen LogP contribution >= 0.6 is 11.3 Å². The first-order chi connectivity index (χ1) is 6.31. The number of hydrogen-bond acceptors (Lipinski definition) is 1. The molecule has 0 unspecified atom stereocenters. The van der Waals surface area contributed by atoms with E-state index >= 15 is 0 Å². The Labute approximate surface area is 93.7 Å². The maximum atomic E-state index is 2.52. The largest absolute Gasteiger partial charge is 0.153 e. The van der Waals surface area contributed by atoms with Crippen LogP contribution in [0.25, 0.3) is 0 Å². The molecule has 0 saturated carbocycles. The zero-order valence-corrected chi connectivity index (χ0v) is 12.6. The average molecular weight is 241 g/mol. The fourth-order valence-corrected chi connectivity index (χ4v) is 7.63. The van der Waals surface area contributed by atoms with Gasteiger partial charge in [-0.2, -0.15) is 11.3 Å². The van der Waals surface area contributed by atoms with Crippen molar-refractivity contribution in [2.24, 2.45) is 0 Å². The molecule has 1 aromatic heterocycles. The maximum absolute atomic E-state index is 2.52. The normalized spacial score (nSPS) is 13.8. The van der Waals surface area contributed by atoms with Crippen molar-refractivity contribution in [3.8, 4) is 0 Å². The zero-order chi connectivity index (χ0) is 10.8. The molecule has 0 aliphatic heterocycles. The monoisotopic (exact) mass is 240 g/mol. The Hall–Kier alpha value is -0.126. The lowest BCUT2D eigenvalue weighted by Gasteiger charge is -2.18. The maximum Gasteiger partial charge on any atom is 0.116 e. The van der Waals surface area contributed by atoms with E-state index in [0.29, 0.717) is 0 Å². The second-order valence-corrected chi connectivity index (χ2v) is 16.1. The van der Waals surface area contributed by atoms with Crippen LogP contribution < -0.4 is 4.50 Å². The van der Waals surface area contributed by atoms with Crippen molar-refractivity contribution in [1.29, 1.82) is 0 Å². The highest BCUT2D eigenvalue weighted by Gasteiger charge is 2.22. The summed E-state index contributed by atoms with van der Waals surface area (Å²) in [6, 6.07) is 4.45. The van der Waals surface area contributed by atoms with Crippen molar-refractivity contribution in [3.63, 3.8) is 0 Å².